The minimum Gasteiger partial charge on any atom is -0.481 e. The molecule has 1 saturated heterocycles. The number of hydrogen-bond acceptors (Lipinski definition) is 2. The predicted octanol–water partition coefficient (Wildman–Crippen LogP) is 2.30. The first-order valence-electron chi connectivity index (χ1n) is 5.54. The van der Waals surface area contributed by atoms with Crippen molar-refractivity contribution in [3.63, 3.8) is 0 Å². The van der Waals surface area contributed by atoms with E-state index in [0.717, 1.165) is 45.3 Å². The summed E-state index contributed by atoms with van der Waals surface area (Å²) in [7, 11) is 0. The number of carbonyl (C=O) groups is 1. The normalized spacial score (nSPS) is 20.6. The molecule has 1 aliphatic rings. The monoisotopic (exact) mass is 200 g/mol. The standard InChI is InChI=1S/C11H20O3/c1-2-10(11(12)13)4-3-9-5-7-14-8-6-9/h9-10H,2-8H2,1H3,(H,12,13). The number of carboxylic acids is 1. The lowest BCUT2D eigenvalue weighted by atomic mass is 9.90. The number of aliphatic carboxylic acids is 1. The van der Waals surface area contributed by atoms with E-state index in [0.29, 0.717) is 5.92 Å². The Hall–Kier alpha value is -0.570. The molecule has 1 rings (SSSR count). The largest absolute Gasteiger partial charge is 0.481 e. The maximum absolute atomic E-state index is 10.8. The van der Waals surface area contributed by atoms with Gasteiger partial charge < -0.3 is 9.84 Å². The zero-order chi connectivity index (χ0) is 10.4. The highest BCUT2D eigenvalue weighted by molar-refractivity contribution is 5.69. The molecule has 0 aromatic heterocycles. The second kappa shape index (κ2) is 6.02. The summed E-state index contributed by atoms with van der Waals surface area (Å²) in [5.74, 6) is -0.0884. The van der Waals surface area contributed by atoms with Gasteiger partial charge >= 0.3 is 5.97 Å². The second-order valence-electron chi connectivity index (χ2n) is 4.08. The smallest absolute Gasteiger partial charge is 0.306 e. The van der Waals surface area contributed by atoms with Gasteiger partial charge in [-0.1, -0.05) is 6.92 Å². The van der Waals surface area contributed by atoms with E-state index in [1.54, 1.807) is 0 Å². The molecule has 0 saturated carbocycles. The van der Waals surface area contributed by atoms with Crippen LogP contribution in [0.15, 0.2) is 0 Å². The van der Waals surface area contributed by atoms with Crippen LogP contribution < -0.4 is 0 Å². The molecule has 82 valence electrons. The molecular formula is C11H20O3. The van der Waals surface area contributed by atoms with Crippen LogP contribution in [0.4, 0.5) is 0 Å². The van der Waals surface area contributed by atoms with Crippen LogP contribution >= 0.6 is 0 Å². The Bertz CT molecular complexity index is 173. The highest BCUT2D eigenvalue weighted by atomic mass is 16.5. The van der Waals surface area contributed by atoms with Crippen molar-refractivity contribution < 1.29 is 14.6 Å². The molecule has 1 unspecified atom stereocenters. The fourth-order valence-corrected chi connectivity index (χ4v) is 1.97. The zero-order valence-electron chi connectivity index (χ0n) is 8.87. The molecule has 1 fully saturated rings. The van der Waals surface area contributed by atoms with Crippen LogP contribution in [0.2, 0.25) is 0 Å². The van der Waals surface area contributed by atoms with E-state index in [1.807, 2.05) is 6.92 Å². The summed E-state index contributed by atoms with van der Waals surface area (Å²) in [4.78, 5) is 10.8. The van der Waals surface area contributed by atoms with Crippen LogP contribution in [-0.2, 0) is 9.53 Å². The lowest BCUT2D eigenvalue weighted by Crippen LogP contribution is -2.19. The van der Waals surface area contributed by atoms with E-state index in [4.69, 9.17) is 9.84 Å². The quantitative estimate of drug-likeness (QED) is 0.740. The first kappa shape index (κ1) is 11.5. The molecule has 0 aromatic carbocycles. The van der Waals surface area contributed by atoms with Gasteiger partial charge in [-0.3, -0.25) is 4.79 Å². The summed E-state index contributed by atoms with van der Waals surface area (Å²) < 4.78 is 5.26. The predicted molar refractivity (Wildman–Crippen MR) is 54.2 cm³/mol. The molecule has 0 spiro atoms. The van der Waals surface area contributed by atoms with Gasteiger partial charge in [0.25, 0.3) is 0 Å². The van der Waals surface area contributed by atoms with Gasteiger partial charge in [-0.15, -0.1) is 0 Å². The van der Waals surface area contributed by atoms with E-state index in [9.17, 15) is 4.79 Å². The van der Waals surface area contributed by atoms with Crippen molar-refractivity contribution in [3.8, 4) is 0 Å². The third kappa shape index (κ3) is 3.66. The zero-order valence-corrected chi connectivity index (χ0v) is 8.87. The molecule has 1 atom stereocenters. The molecular weight excluding hydrogens is 180 g/mol. The third-order valence-electron chi connectivity index (χ3n) is 3.11. The molecule has 3 nitrogen and oxygen atoms in total. The maximum Gasteiger partial charge on any atom is 0.306 e. The molecule has 0 aliphatic carbocycles. The minimum atomic E-state index is -0.639. The van der Waals surface area contributed by atoms with Gasteiger partial charge in [0, 0.05) is 13.2 Å². The maximum atomic E-state index is 10.8. The molecule has 0 amide bonds. The van der Waals surface area contributed by atoms with Crippen molar-refractivity contribution in [1.29, 1.82) is 0 Å². The Balaban J connectivity index is 2.20. The lowest BCUT2D eigenvalue weighted by Gasteiger charge is -2.22. The Kier molecular flexibility index (Phi) is 4.94. The summed E-state index contributed by atoms with van der Waals surface area (Å²) in [6.45, 7) is 3.66. The van der Waals surface area contributed by atoms with E-state index in [2.05, 4.69) is 0 Å². The molecule has 14 heavy (non-hydrogen) atoms. The topological polar surface area (TPSA) is 46.5 Å². The average molecular weight is 200 g/mol. The highest BCUT2D eigenvalue weighted by Crippen LogP contribution is 2.23. The van der Waals surface area contributed by atoms with E-state index < -0.39 is 5.97 Å². The van der Waals surface area contributed by atoms with Crippen LogP contribution in [0.1, 0.15) is 39.0 Å². The Morgan fingerprint density at radius 3 is 2.64 bits per heavy atom. The molecule has 1 aliphatic heterocycles. The van der Waals surface area contributed by atoms with Crippen molar-refractivity contribution in [1.82, 2.24) is 0 Å². The SMILES string of the molecule is CCC(CCC1CCOCC1)C(=O)O. The van der Waals surface area contributed by atoms with Gasteiger partial charge in [0.1, 0.15) is 0 Å². The first-order chi connectivity index (χ1) is 6.74. The lowest BCUT2D eigenvalue weighted by molar-refractivity contribution is -0.142. The summed E-state index contributed by atoms with van der Waals surface area (Å²) in [5, 5.41) is 8.88. The van der Waals surface area contributed by atoms with Crippen molar-refractivity contribution in [3.05, 3.63) is 0 Å². The van der Waals surface area contributed by atoms with Crippen LogP contribution in [0, 0.1) is 11.8 Å². The third-order valence-corrected chi connectivity index (χ3v) is 3.11. The Morgan fingerprint density at radius 2 is 2.14 bits per heavy atom. The van der Waals surface area contributed by atoms with Crippen molar-refractivity contribution in [2.24, 2.45) is 11.8 Å². The first-order valence-corrected chi connectivity index (χ1v) is 5.54. The van der Waals surface area contributed by atoms with Crippen LogP contribution in [-0.4, -0.2) is 24.3 Å². The van der Waals surface area contributed by atoms with Crippen molar-refractivity contribution in [2.75, 3.05) is 13.2 Å². The molecule has 3 heteroatoms. The number of carboxylic acid groups (broad SMARTS) is 1. The number of rotatable bonds is 5. The second-order valence-corrected chi connectivity index (χ2v) is 4.08. The van der Waals surface area contributed by atoms with E-state index in [1.165, 1.54) is 0 Å². The molecule has 1 N–H and O–H groups in total. The fourth-order valence-electron chi connectivity index (χ4n) is 1.97. The number of hydrogen-bond donors (Lipinski definition) is 1. The van der Waals surface area contributed by atoms with Gasteiger partial charge in [-0.05, 0) is 38.0 Å². The summed E-state index contributed by atoms with van der Waals surface area (Å²) in [5.41, 5.74) is 0. The molecule has 0 aromatic rings. The Labute approximate surface area is 85.5 Å². The molecule has 1 heterocycles. The van der Waals surface area contributed by atoms with Crippen LogP contribution in [0.3, 0.4) is 0 Å². The number of ether oxygens (including phenoxy) is 1. The fraction of sp³-hybridized carbons (Fsp3) is 0.909. The highest BCUT2D eigenvalue weighted by Gasteiger charge is 2.19. The molecule has 0 bridgehead atoms. The summed E-state index contributed by atoms with van der Waals surface area (Å²) in [6.07, 6.45) is 4.84. The average Bonchev–Trinajstić information content (AvgIpc) is 2.20. The van der Waals surface area contributed by atoms with Crippen molar-refractivity contribution in [2.45, 2.75) is 39.0 Å². The van der Waals surface area contributed by atoms with Gasteiger partial charge in [0.05, 0.1) is 5.92 Å². The summed E-state index contributed by atoms with van der Waals surface area (Å²) >= 11 is 0. The van der Waals surface area contributed by atoms with Gasteiger partial charge in [-0.2, -0.15) is 0 Å². The van der Waals surface area contributed by atoms with E-state index >= 15 is 0 Å². The van der Waals surface area contributed by atoms with Crippen LogP contribution in [0.5, 0.6) is 0 Å². The summed E-state index contributed by atoms with van der Waals surface area (Å²) in [6, 6.07) is 0. The van der Waals surface area contributed by atoms with Gasteiger partial charge in [0.15, 0.2) is 0 Å². The minimum absolute atomic E-state index is 0.141. The van der Waals surface area contributed by atoms with Gasteiger partial charge in [0.2, 0.25) is 0 Å². The van der Waals surface area contributed by atoms with Crippen molar-refractivity contribution >= 4 is 5.97 Å². The van der Waals surface area contributed by atoms with Gasteiger partial charge in [-0.25, -0.2) is 0 Å². The molecule has 0 radical (unpaired) electrons. The Morgan fingerprint density at radius 1 is 1.50 bits per heavy atom. The van der Waals surface area contributed by atoms with E-state index in [-0.39, 0.29) is 5.92 Å². The van der Waals surface area contributed by atoms with Crippen LogP contribution in [0.25, 0.3) is 0 Å².